The molecule has 1 unspecified atom stereocenters. The molecule has 2 aromatic carbocycles. The number of unbranched alkanes of at least 4 members (excludes halogenated alkanes) is 1. The van der Waals surface area contributed by atoms with Crippen molar-refractivity contribution in [1.82, 2.24) is 4.98 Å². The van der Waals surface area contributed by atoms with E-state index in [0.29, 0.717) is 11.8 Å². The third kappa shape index (κ3) is 4.75. The molecule has 0 saturated heterocycles. The summed E-state index contributed by atoms with van der Waals surface area (Å²) in [6.45, 7) is 4.48. The number of hydrogen-bond donors (Lipinski definition) is 1. The van der Waals surface area contributed by atoms with Crippen LogP contribution in [-0.2, 0) is 6.42 Å². The Labute approximate surface area is 167 Å². The molecule has 4 nitrogen and oxygen atoms in total. The van der Waals surface area contributed by atoms with Crippen molar-refractivity contribution < 1.29 is 9.47 Å². The Morgan fingerprint density at radius 1 is 1.00 bits per heavy atom. The van der Waals surface area contributed by atoms with E-state index in [-0.39, 0.29) is 0 Å². The van der Waals surface area contributed by atoms with Gasteiger partial charge in [0.05, 0.1) is 19.7 Å². The van der Waals surface area contributed by atoms with E-state index in [4.69, 9.17) is 9.47 Å². The van der Waals surface area contributed by atoms with Gasteiger partial charge in [-0.15, -0.1) is 0 Å². The normalized spacial score (nSPS) is 12.0. The number of nitrogens with one attached hydrogen (secondary N) is 1. The molecular formula is C24H30N2O2. The Bertz CT molecular complexity index is 906. The Morgan fingerprint density at radius 2 is 1.71 bits per heavy atom. The number of hydrogen-bond acceptors (Lipinski definition) is 4. The summed E-state index contributed by atoms with van der Waals surface area (Å²) in [4.78, 5) is 4.49. The van der Waals surface area contributed by atoms with E-state index in [1.54, 1.807) is 14.2 Å². The predicted molar refractivity (Wildman–Crippen MR) is 117 cm³/mol. The van der Waals surface area contributed by atoms with Crippen molar-refractivity contribution in [1.29, 1.82) is 0 Å². The van der Waals surface area contributed by atoms with Gasteiger partial charge in [-0.3, -0.25) is 4.98 Å². The smallest absolute Gasteiger partial charge is 0.162 e. The van der Waals surface area contributed by atoms with Crippen molar-refractivity contribution >= 4 is 16.6 Å². The van der Waals surface area contributed by atoms with Crippen LogP contribution in [0.15, 0.2) is 48.7 Å². The van der Waals surface area contributed by atoms with Gasteiger partial charge in [-0.05, 0) is 55.2 Å². The van der Waals surface area contributed by atoms with E-state index in [0.717, 1.165) is 23.1 Å². The van der Waals surface area contributed by atoms with E-state index < -0.39 is 0 Å². The monoisotopic (exact) mass is 378 g/mol. The van der Waals surface area contributed by atoms with Crippen molar-refractivity contribution in [2.75, 3.05) is 19.5 Å². The largest absolute Gasteiger partial charge is 0.493 e. The van der Waals surface area contributed by atoms with Gasteiger partial charge >= 0.3 is 0 Å². The van der Waals surface area contributed by atoms with Crippen LogP contribution in [0.1, 0.15) is 44.2 Å². The van der Waals surface area contributed by atoms with Crippen LogP contribution < -0.4 is 14.8 Å². The Hall–Kier alpha value is -2.75. The molecule has 0 saturated carbocycles. The van der Waals surface area contributed by atoms with Gasteiger partial charge in [-0.2, -0.15) is 0 Å². The van der Waals surface area contributed by atoms with Crippen molar-refractivity contribution in [3.05, 3.63) is 59.8 Å². The predicted octanol–water partition coefficient (Wildman–Crippen LogP) is 5.83. The summed E-state index contributed by atoms with van der Waals surface area (Å²) in [6.07, 6.45) is 6.40. The molecule has 0 bridgehead atoms. The van der Waals surface area contributed by atoms with E-state index >= 15 is 0 Å². The van der Waals surface area contributed by atoms with Crippen LogP contribution in [0.25, 0.3) is 10.9 Å². The average molecular weight is 379 g/mol. The minimum absolute atomic E-state index is 0.498. The molecule has 148 valence electrons. The minimum Gasteiger partial charge on any atom is -0.493 e. The Kier molecular flexibility index (Phi) is 6.75. The van der Waals surface area contributed by atoms with Gasteiger partial charge in [0.2, 0.25) is 0 Å². The number of pyridine rings is 1. The first kappa shape index (κ1) is 20.0. The van der Waals surface area contributed by atoms with Crippen molar-refractivity contribution in [2.24, 2.45) is 0 Å². The molecule has 0 aliphatic rings. The average Bonchev–Trinajstić information content (AvgIpc) is 2.72. The van der Waals surface area contributed by atoms with E-state index in [9.17, 15) is 0 Å². The highest BCUT2D eigenvalue weighted by Crippen LogP contribution is 2.33. The Morgan fingerprint density at radius 3 is 2.39 bits per heavy atom. The van der Waals surface area contributed by atoms with Crippen LogP contribution in [0.4, 0.5) is 5.69 Å². The Balaban J connectivity index is 1.79. The molecule has 3 aromatic rings. The summed E-state index contributed by atoms with van der Waals surface area (Å²) < 4.78 is 10.9. The van der Waals surface area contributed by atoms with Gasteiger partial charge in [0.25, 0.3) is 0 Å². The van der Waals surface area contributed by atoms with Crippen molar-refractivity contribution in [3.63, 3.8) is 0 Å². The number of rotatable bonds is 9. The number of aromatic nitrogens is 1. The fourth-order valence-electron chi connectivity index (χ4n) is 3.49. The lowest BCUT2D eigenvalue weighted by molar-refractivity contribution is 0.356. The van der Waals surface area contributed by atoms with Gasteiger partial charge in [-0.1, -0.05) is 31.9 Å². The summed E-state index contributed by atoms with van der Waals surface area (Å²) >= 11 is 0. The standard InChI is InChI=1S/C24H30N2O2/c1-5-6-7-17(2)26-20-10-8-18(9-11-20)14-19-12-13-25-22-16-24(28-4)23(27-3)15-21(19)22/h8-13,15-17,26H,5-7,14H2,1-4H3. The molecule has 1 atom stereocenters. The molecule has 0 fully saturated rings. The maximum Gasteiger partial charge on any atom is 0.162 e. The minimum atomic E-state index is 0.498. The van der Waals surface area contributed by atoms with E-state index in [2.05, 4.69) is 54.5 Å². The van der Waals surface area contributed by atoms with Gasteiger partial charge in [0, 0.05) is 29.4 Å². The second-order valence-electron chi connectivity index (χ2n) is 7.26. The molecule has 0 amide bonds. The highest BCUT2D eigenvalue weighted by Gasteiger charge is 2.10. The van der Waals surface area contributed by atoms with Gasteiger partial charge in [0.15, 0.2) is 11.5 Å². The number of benzene rings is 2. The summed E-state index contributed by atoms with van der Waals surface area (Å²) in [5.74, 6) is 1.43. The molecule has 4 heteroatoms. The first-order valence-corrected chi connectivity index (χ1v) is 9.99. The van der Waals surface area contributed by atoms with Crippen LogP contribution in [0.3, 0.4) is 0 Å². The molecular weight excluding hydrogens is 348 g/mol. The fraction of sp³-hybridized carbons (Fsp3) is 0.375. The van der Waals surface area contributed by atoms with Crippen LogP contribution >= 0.6 is 0 Å². The molecule has 1 heterocycles. The maximum absolute atomic E-state index is 5.47. The number of ether oxygens (including phenoxy) is 2. The molecule has 1 N–H and O–H groups in total. The summed E-state index contributed by atoms with van der Waals surface area (Å²) in [7, 11) is 3.30. The summed E-state index contributed by atoms with van der Waals surface area (Å²) in [5.41, 5.74) is 4.59. The van der Waals surface area contributed by atoms with Crippen LogP contribution in [0.2, 0.25) is 0 Å². The molecule has 0 spiro atoms. The van der Waals surface area contributed by atoms with Crippen molar-refractivity contribution in [3.8, 4) is 11.5 Å². The molecule has 0 aliphatic carbocycles. The quantitative estimate of drug-likeness (QED) is 0.508. The molecule has 0 aliphatic heterocycles. The lowest BCUT2D eigenvalue weighted by atomic mass is 10.0. The number of methoxy groups -OCH3 is 2. The lowest BCUT2D eigenvalue weighted by Gasteiger charge is -2.15. The van der Waals surface area contributed by atoms with E-state index in [1.807, 2.05) is 18.3 Å². The zero-order chi connectivity index (χ0) is 19.9. The van der Waals surface area contributed by atoms with Crippen LogP contribution in [-0.4, -0.2) is 25.2 Å². The summed E-state index contributed by atoms with van der Waals surface area (Å²) in [6, 6.07) is 15.3. The van der Waals surface area contributed by atoms with Gasteiger partial charge in [0.1, 0.15) is 0 Å². The molecule has 1 aromatic heterocycles. The zero-order valence-corrected chi connectivity index (χ0v) is 17.3. The zero-order valence-electron chi connectivity index (χ0n) is 17.3. The maximum atomic E-state index is 5.47. The highest BCUT2D eigenvalue weighted by atomic mass is 16.5. The number of anilines is 1. The molecule has 28 heavy (non-hydrogen) atoms. The lowest BCUT2D eigenvalue weighted by Crippen LogP contribution is -2.14. The van der Waals surface area contributed by atoms with Crippen molar-refractivity contribution in [2.45, 2.75) is 45.6 Å². The summed E-state index contributed by atoms with van der Waals surface area (Å²) in [5, 5.41) is 4.68. The first-order chi connectivity index (χ1) is 13.6. The van der Waals surface area contributed by atoms with E-state index in [1.165, 1.54) is 36.1 Å². The van der Waals surface area contributed by atoms with Gasteiger partial charge < -0.3 is 14.8 Å². The fourth-order valence-corrected chi connectivity index (χ4v) is 3.49. The second-order valence-corrected chi connectivity index (χ2v) is 7.26. The SMILES string of the molecule is CCCCC(C)Nc1ccc(Cc2ccnc3cc(OC)c(OC)cc23)cc1. The molecule has 0 radical (unpaired) electrons. The third-order valence-electron chi connectivity index (χ3n) is 5.09. The van der Waals surface area contributed by atoms with Gasteiger partial charge in [-0.25, -0.2) is 0 Å². The second kappa shape index (κ2) is 9.45. The van der Waals surface area contributed by atoms with Crippen LogP contribution in [0.5, 0.6) is 11.5 Å². The topological polar surface area (TPSA) is 43.4 Å². The number of nitrogens with zero attached hydrogens (tertiary/aromatic N) is 1. The number of fused-ring (bicyclic) bond motifs is 1. The first-order valence-electron chi connectivity index (χ1n) is 9.99. The third-order valence-corrected chi connectivity index (χ3v) is 5.09. The highest BCUT2D eigenvalue weighted by molar-refractivity contribution is 5.86. The molecule has 3 rings (SSSR count). The van der Waals surface area contributed by atoms with Crippen LogP contribution in [0, 0.1) is 0 Å².